The van der Waals surface area contributed by atoms with Crippen LogP contribution in [-0.4, -0.2) is 28.3 Å². The summed E-state index contributed by atoms with van der Waals surface area (Å²) in [5.74, 6) is 1.98. The molecule has 4 heteroatoms. The van der Waals surface area contributed by atoms with E-state index in [-0.39, 0.29) is 0 Å². The monoisotopic (exact) mass is 265 g/mol. The van der Waals surface area contributed by atoms with Gasteiger partial charge in [0.05, 0.1) is 0 Å². The molecule has 3 nitrogen and oxygen atoms in total. The van der Waals surface area contributed by atoms with Crippen LogP contribution in [0, 0.1) is 12.8 Å². The van der Waals surface area contributed by atoms with Gasteiger partial charge in [-0.1, -0.05) is 25.1 Å². The summed E-state index contributed by atoms with van der Waals surface area (Å²) in [5.41, 5.74) is 1.13. The lowest BCUT2D eigenvalue weighted by Gasteiger charge is -2.19. The number of nitrogens with zero attached hydrogens (tertiary/aromatic N) is 2. The van der Waals surface area contributed by atoms with Gasteiger partial charge in [0.1, 0.15) is 0 Å². The molecule has 2 rings (SSSR count). The quantitative estimate of drug-likeness (QED) is 0.634. The van der Waals surface area contributed by atoms with E-state index in [0.717, 1.165) is 35.0 Å². The van der Waals surface area contributed by atoms with E-state index in [1.807, 2.05) is 19.3 Å². The summed E-state index contributed by atoms with van der Waals surface area (Å²) in [5, 5.41) is 4.53. The van der Waals surface area contributed by atoms with Crippen molar-refractivity contribution in [3.05, 3.63) is 18.0 Å². The first-order valence-electron chi connectivity index (χ1n) is 6.94. The molecule has 2 atom stereocenters. The second-order valence-electron chi connectivity index (χ2n) is 5.04. The van der Waals surface area contributed by atoms with Crippen molar-refractivity contribution >= 4 is 11.8 Å². The van der Waals surface area contributed by atoms with Crippen molar-refractivity contribution in [2.75, 3.05) is 12.3 Å². The lowest BCUT2D eigenvalue weighted by atomic mass is 10.0. The molecule has 1 fully saturated rings. The molecule has 0 amide bonds. The van der Waals surface area contributed by atoms with Crippen molar-refractivity contribution in [2.45, 2.75) is 50.7 Å². The molecule has 0 spiro atoms. The molecule has 0 aromatic carbocycles. The SMILES string of the molecule is CCNC1CCCC1CCSc1ncc(C)cn1. The van der Waals surface area contributed by atoms with Crippen LogP contribution in [-0.2, 0) is 0 Å². The van der Waals surface area contributed by atoms with Gasteiger partial charge in [0.15, 0.2) is 5.16 Å². The van der Waals surface area contributed by atoms with Crippen LogP contribution in [0.5, 0.6) is 0 Å². The standard InChI is InChI=1S/C14H23N3S/c1-3-15-13-6-4-5-12(13)7-8-18-14-16-9-11(2)10-17-14/h9-10,12-13,15H,3-8H2,1-2H3. The molecular formula is C14H23N3S. The Kier molecular flexibility index (Phi) is 5.45. The highest BCUT2D eigenvalue weighted by molar-refractivity contribution is 7.99. The number of hydrogen-bond acceptors (Lipinski definition) is 4. The third-order valence-corrected chi connectivity index (χ3v) is 4.51. The highest BCUT2D eigenvalue weighted by Gasteiger charge is 2.25. The van der Waals surface area contributed by atoms with Gasteiger partial charge < -0.3 is 5.32 Å². The molecule has 1 aromatic heterocycles. The van der Waals surface area contributed by atoms with E-state index in [2.05, 4.69) is 22.2 Å². The van der Waals surface area contributed by atoms with Crippen LogP contribution in [0.15, 0.2) is 17.6 Å². The summed E-state index contributed by atoms with van der Waals surface area (Å²) in [7, 11) is 0. The first-order chi connectivity index (χ1) is 8.79. The fourth-order valence-corrected chi connectivity index (χ4v) is 3.53. The van der Waals surface area contributed by atoms with E-state index >= 15 is 0 Å². The minimum Gasteiger partial charge on any atom is -0.314 e. The van der Waals surface area contributed by atoms with Gasteiger partial charge in [-0.05, 0) is 44.2 Å². The van der Waals surface area contributed by atoms with Gasteiger partial charge in [-0.15, -0.1) is 0 Å². The maximum absolute atomic E-state index is 4.33. The van der Waals surface area contributed by atoms with E-state index in [9.17, 15) is 0 Å². The maximum Gasteiger partial charge on any atom is 0.187 e. The number of hydrogen-bond donors (Lipinski definition) is 1. The van der Waals surface area contributed by atoms with Gasteiger partial charge in [0, 0.05) is 24.2 Å². The second-order valence-corrected chi connectivity index (χ2v) is 6.10. The fraction of sp³-hybridized carbons (Fsp3) is 0.714. The Morgan fingerprint density at radius 2 is 2.11 bits per heavy atom. The van der Waals surface area contributed by atoms with E-state index in [4.69, 9.17) is 0 Å². The van der Waals surface area contributed by atoms with Gasteiger partial charge in [-0.2, -0.15) is 0 Å². The molecule has 1 aliphatic carbocycles. The number of thioether (sulfide) groups is 1. The Morgan fingerprint density at radius 1 is 1.33 bits per heavy atom. The first kappa shape index (κ1) is 13.8. The van der Waals surface area contributed by atoms with Crippen molar-refractivity contribution in [1.82, 2.24) is 15.3 Å². The molecule has 0 aliphatic heterocycles. The van der Waals surface area contributed by atoms with Crippen LogP contribution in [0.25, 0.3) is 0 Å². The molecule has 1 saturated carbocycles. The largest absolute Gasteiger partial charge is 0.314 e. The highest BCUT2D eigenvalue weighted by atomic mass is 32.2. The summed E-state index contributed by atoms with van der Waals surface area (Å²) in [6.45, 7) is 5.31. The van der Waals surface area contributed by atoms with Crippen LogP contribution in [0.1, 0.15) is 38.2 Å². The Bertz CT molecular complexity index is 353. The summed E-state index contributed by atoms with van der Waals surface area (Å²) in [6, 6.07) is 0.745. The minimum absolute atomic E-state index is 0.745. The van der Waals surface area contributed by atoms with Gasteiger partial charge in [-0.25, -0.2) is 9.97 Å². The normalized spacial score (nSPS) is 23.4. The zero-order valence-electron chi connectivity index (χ0n) is 11.4. The zero-order chi connectivity index (χ0) is 12.8. The summed E-state index contributed by atoms with van der Waals surface area (Å²) >= 11 is 1.79. The van der Waals surface area contributed by atoms with Crippen molar-refractivity contribution in [3.63, 3.8) is 0 Å². The molecule has 1 N–H and O–H groups in total. The second kappa shape index (κ2) is 7.10. The predicted molar refractivity (Wildman–Crippen MR) is 76.9 cm³/mol. The van der Waals surface area contributed by atoms with Crippen LogP contribution >= 0.6 is 11.8 Å². The predicted octanol–water partition coefficient (Wildman–Crippen LogP) is 3.05. The van der Waals surface area contributed by atoms with Crippen LogP contribution in [0.3, 0.4) is 0 Å². The third-order valence-electron chi connectivity index (χ3n) is 3.60. The topological polar surface area (TPSA) is 37.8 Å². The Labute approximate surface area is 114 Å². The van der Waals surface area contributed by atoms with E-state index in [1.165, 1.54) is 25.7 Å². The van der Waals surface area contributed by atoms with E-state index in [1.54, 1.807) is 11.8 Å². The van der Waals surface area contributed by atoms with Crippen molar-refractivity contribution in [2.24, 2.45) is 5.92 Å². The lowest BCUT2D eigenvalue weighted by Crippen LogP contribution is -2.32. The summed E-state index contributed by atoms with van der Waals surface area (Å²) in [6.07, 6.45) is 9.18. The molecule has 0 bridgehead atoms. The molecule has 18 heavy (non-hydrogen) atoms. The average Bonchev–Trinajstić information content (AvgIpc) is 2.80. The first-order valence-corrected chi connectivity index (χ1v) is 7.93. The smallest absolute Gasteiger partial charge is 0.187 e. The third kappa shape index (κ3) is 3.95. The Balaban J connectivity index is 1.73. The van der Waals surface area contributed by atoms with Crippen LogP contribution in [0.4, 0.5) is 0 Å². The van der Waals surface area contributed by atoms with Gasteiger partial charge in [0.25, 0.3) is 0 Å². The molecule has 100 valence electrons. The highest BCUT2D eigenvalue weighted by Crippen LogP contribution is 2.30. The average molecular weight is 265 g/mol. The fourth-order valence-electron chi connectivity index (χ4n) is 2.67. The Morgan fingerprint density at radius 3 is 2.83 bits per heavy atom. The van der Waals surface area contributed by atoms with E-state index < -0.39 is 0 Å². The number of nitrogens with one attached hydrogen (secondary N) is 1. The molecule has 1 heterocycles. The molecule has 1 aliphatic rings. The maximum atomic E-state index is 4.33. The molecular weight excluding hydrogens is 242 g/mol. The molecule has 2 unspecified atom stereocenters. The van der Waals surface area contributed by atoms with Crippen molar-refractivity contribution in [3.8, 4) is 0 Å². The molecule has 1 aromatic rings. The molecule has 0 radical (unpaired) electrons. The van der Waals surface area contributed by atoms with Crippen LogP contribution in [0.2, 0.25) is 0 Å². The van der Waals surface area contributed by atoms with E-state index in [0.29, 0.717) is 0 Å². The lowest BCUT2D eigenvalue weighted by molar-refractivity contribution is 0.400. The van der Waals surface area contributed by atoms with Crippen LogP contribution < -0.4 is 5.32 Å². The van der Waals surface area contributed by atoms with Gasteiger partial charge in [0.2, 0.25) is 0 Å². The molecule has 0 saturated heterocycles. The van der Waals surface area contributed by atoms with Gasteiger partial charge in [-0.3, -0.25) is 0 Å². The zero-order valence-corrected chi connectivity index (χ0v) is 12.2. The number of rotatable bonds is 6. The van der Waals surface area contributed by atoms with Crippen molar-refractivity contribution < 1.29 is 0 Å². The van der Waals surface area contributed by atoms with Crippen molar-refractivity contribution in [1.29, 1.82) is 0 Å². The van der Waals surface area contributed by atoms with Gasteiger partial charge >= 0.3 is 0 Å². The number of aromatic nitrogens is 2. The minimum atomic E-state index is 0.745. The number of aryl methyl sites for hydroxylation is 1. The summed E-state index contributed by atoms with van der Waals surface area (Å²) < 4.78 is 0. The Hall–Kier alpha value is -0.610. The summed E-state index contributed by atoms with van der Waals surface area (Å²) in [4.78, 5) is 8.67.